The van der Waals surface area contributed by atoms with Crippen LogP contribution in [-0.2, 0) is 9.59 Å². The van der Waals surface area contributed by atoms with Gasteiger partial charge >= 0.3 is 0 Å². The molecule has 2 aromatic carbocycles. The highest BCUT2D eigenvalue weighted by molar-refractivity contribution is 6.06. The second-order valence-electron chi connectivity index (χ2n) is 6.62. The number of carbonyl (C=O) groups excluding carboxylic acids is 3. The fraction of sp³-hybridized carbons (Fsp3) is 0.200. The number of halogens is 1. The fourth-order valence-corrected chi connectivity index (χ4v) is 3.33. The van der Waals surface area contributed by atoms with Crippen LogP contribution in [0.25, 0.3) is 10.9 Å². The van der Waals surface area contributed by atoms with Gasteiger partial charge in [-0.05, 0) is 12.1 Å². The number of fused-ring (bicyclic) bond motifs is 1. The lowest BCUT2D eigenvalue weighted by Crippen LogP contribution is -2.36. The Morgan fingerprint density at radius 3 is 2.75 bits per heavy atom. The van der Waals surface area contributed by atoms with E-state index in [0.29, 0.717) is 11.1 Å². The first-order valence-electron chi connectivity index (χ1n) is 8.83. The van der Waals surface area contributed by atoms with Crippen molar-refractivity contribution < 1.29 is 18.8 Å². The molecule has 0 aliphatic carbocycles. The molecular weight excluding hydrogens is 363 g/mol. The number of aromatic amines is 1. The van der Waals surface area contributed by atoms with E-state index in [2.05, 4.69) is 15.5 Å². The van der Waals surface area contributed by atoms with E-state index in [9.17, 15) is 18.8 Å². The molecule has 1 atom stereocenters. The highest BCUT2D eigenvalue weighted by Gasteiger charge is 2.37. The average molecular weight is 380 g/mol. The van der Waals surface area contributed by atoms with E-state index in [0.717, 1.165) is 0 Å². The molecule has 1 aromatic heterocycles. The molecule has 3 aromatic rings. The first-order chi connectivity index (χ1) is 13.5. The Morgan fingerprint density at radius 2 is 1.96 bits per heavy atom. The van der Waals surface area contributed by atoms with Crippen molar-refractivity contribution in [3.05, 3.63) is 59.9 Å². The number of hydrogen-bond donors (Lipinski definition) is 2. The Balaban J connectivity index is 1.44. The molecule has 0 unspecified atom stereocenters. The van der Waals surface area contributed by atoms with E-state index >= 15 is 0 Å². The summed E-state index contributed by atoms with van der Waals surface area (Å²) in [6.07, 6.45) is -0.0197. The summed E-state index contributed by atoms with van der Waals surface area (Å²) in [5.41, 5.74) is 0.981. The summed E-state index contributed by atoms with van der Waals surface area (Å²) in [6, 6.07) is 13.1. The number of aromatic nitrogens is 2. The maximum Gasteiger partial charge on any atom is 0.229 e. The second kappa shape index (κ2) is 7.22. The van der Waals surface area contributed by atoms with E-state index in [4.69, 9.17) is 0 Å². The summed E-state index contributed by atoms with van der Waals surface area (Å²) in [7, 11) is 0. The van der Waals surface area contributed by atoms with Gasteiger partial charge in [0.2, 0.25) is 11.8 Å². The molecule has 2 amide bonds. The van der Waals surface area contributed by atoms with Gasteiger partial charge in [0.1, 0.15) is 5.82 Å². The lowest BCUT2D eigenvalue weighted by Gasteiger charge is -2.14. The molecule has 4 rings (SSSR count). The topological polar surface area (TPSA) is 95.2 Å². The number of Topliss-reactive ketones (excluding diaryl/α,β-unsaturated/α-hetero) is 1. The van der Waals surface area contributed by atoms with Crippen molar-refractivity contribution in [3.8, 4) is 0 Å². The summed E-state index contributed by atoms with van der Waals surface area (Å²) in [6.45, 7) is -0.0635. The molecular formula is C20H17FN4O3. The Kier molecular flexibility index (Phi) is 4.60. The van der Waals surface area contributed by atoms with Crippen LogP contribution in [0.2, 0.25) is 0 Å². The zero-order valence-corrected chi connectivity index (χ0v) is 14.8. The molecule has 1 fully saturated rings. The summed E-state index contributed by atoms with van der Waals surface area (Å²) in [5, 5.41) is 9.56. The van der Waals surface area contributed by atoms with Crippen LogP contribution in [0.3, 0.4) is 0 Å². The number of ketones is 1. The minimum atomic E-state index is -0.630. The standard InChI is InChI=1S/C20H17FN4O3/c21-14-7-4-8-15-18(14)19(24-23-15)25-11-13(9-17(25)27)20(28)22-10-16(26)12-5-2-1-3-6-12/h1-8,13H,9-11H2,(H,22,28)(H,23,24)/t13-/m1/s1. The average Bonchev–Trinajstić information content (AvgIpc) is 3.30. The molecule has 0 radical (unpaired) electrons. The van der Waals surface area contributed by atoms with Crippen molar-refractivity contribution in [2.24, 2.45) is 5.92 Å². The molecule has 1 saturated heterocycles. The van der Waals surface area contributed by atoms with Crippen LogP contribution in [0.4, 0.5) is 10.2 Å². The van der Waals surface area contributed by atoms with Gasteiger partial charge in [-0.1, -0.05) is 36.4 Å². The molecule has 7 nitrogen and oxygen atoms in total. The van der Waals surface area contributed by atoms with Crippen LogP contribution in [0.1, 0.15) is 16.8 Å². The molecule has 2 N–H and O–H groups in total. The van der Waals surface area contributed by atoms with Crippen molar-refractivity contribution in [1.29, 1.82) is 0 Å². The van der Waals surface area contributed by atoms with Crippen molar-refractivity contribution in [2.45, 2.75) is 6.42 Å². The fourth-order valence-electron chi connectivity index (χ4n) is 3.33. The molecule has 0 bridgehead atoms. The van der Waals surface area contributed by atoms with Crippen molar-refractivity contribution in [3.63, 3.8) is 0 Å². The molecule has 2 heterocycles. The van der Waals surface area contributed by atoms with Crippen molar-refractivity contribution in [1.82, 2.24) is 15.5 Å². The van der Waals surface area contributed by atoms with E-state index in [1.165, 1.54) is 11.0 Å². The van der Waals surface area contributed by atoms with Crippen LogP contribution >= 0.6 is 0 Å². The van der Waals surface area contributed by atoms with E-state index < -0.39 is 11.7 Å². The Bertz CT molecular complexity index is 1060. The maximum absolute atomic E-state index is 14.2. The lowest BCUT2D eigenvalue weighted by atomic mass is 10.1. The highest BCUT2D eigenvalue weighted by Crippen LogP contribution is 2.31. The van der Waals surface area contributed by atoms with Gasteiger partial charge in [0, 0.05) is 18.5 Å². The molecule has 1 aliphatic heterocycles. The molecule has 0 saturated carbocycles. The number of carbonyl (C=O) groups is 3. The first kappa shape index (κ1) is 17.8. The largest absolute Gasteiger partial charge is 0.348 e. The van der Waals surface area contributed by atoms with Gasteiger partial charge in [-0.25, -0.2) is 4.39 Å². The zero-order valence-electron chi connectivity index (χ0n) is 14.8. The van der Waals surface area contributed by atoms with E-state index in [-0.39, 0.29) is 48.3 Å². The zero-order chi connectivity index (χ0) is 19.7. The summed E-state index contributed by atoms with van der Waals surface area (Å²) >= 11 is 0. The number of anilines is 1. The Hall–Kier alpha value is -3.55. The van der Waals surface area contributed by atoms with Crippen LogP contribution in [-0.4, -0.2) is 40.9 Å². The molecule has 0 spiro atoms. The lowest BCUT2D eigenvalue weighted by molar-refractivity contribution is -0.126. The number of benzene rings is 2. The highest BCUT2D eigenvalue weighted by atomic mass is 19.1. The quantitative estimate of drug-likeness (QED) is 0.663. The van der Waals surface area contributed by atoms with Gasteiger partial charge in [0.05, 0.1) is 23.4 Å². The van der Waals surface area contributed by atoms with Gasteiger partial charge < -0.3 is 5.32 Å². The number of hydrogen-bond acceptors (Lipinski definition) is 4. The van der Waals surface area contributed by atoms with Crippen LogP contribution in [0.5, 0.6) is 0 Å². The first-order valence-corrected chi connectivity index (χ1v) is 8.83. The van der Waals surface area contributed by atoms with Crippen LogP contribution in [0, 0.1) is 11.7 Å². The number of amides is 2. The van der Waals surface area contributed by atoms with Gasteiger partial charge in [0.25, 0.3) is 0 Å². The number of nitrogens with one attached hydrogen (secondary N) is 2. The smallest absolute Gasteiger partial charge is 0.229 e. The van der Waals surface area contributed by atoms with Gasteiger partial charge in [0.15, 0.2) is 11.6 Å². The summed E-state index contributed by atoms with van der Waals surface area (Å²) in [4.78, 5) is 38.3. The minimum absolute atomic E-state index is 0.0197. The number of rotatable bonds is 5. The van der Waals surface area contributed by atoms with Crippen LogP contribution in [0.15, 0.2) is 48.5 Å². The van der Waals surface area contributed by atoms with E-state index in [1.54, 1.807) is 42.5 Å². The molecule has 142 valence electrons. The normalized spacial score (nSPS) is 16.5. The SMILES string of the molecule is O=C(CNC(=O)[C@@H]1CC(=O)N(c2n[nH]c3cccc(F)c23)C1)c1ccccc1. The van der Waals surface area contributed by atoms with Crippen molar-refractivity contribution in [2.75, 3.05) is 18.0 Å². The van der Waals surface area contributed by atoms with E-state index in [1.807, 2.05) is 0 Å². The van der Waals surface area contributed by atoms with Gasteiger partial charge in [-0.3, -0.25) is 24.4 Å². The monoisotopic (exact) mass is 380 g/mol. The minimum Gasteiger partial charge on any atom is -0.348 e. The summed E-state index contributed by atoms with van der Waals surface area (Å²) < 4.78 is 14.2. The summed E-state index contributed by atoms with van der Waals surface area (Å²) in [5.74, 6) is -1.86. The molecule has 1 aliphatic rings. The number of nitrogens with zero attached hydrogens (tertiary/aromatic N) is 2. The predicted molar refractivity (Wildman–Crippen MR) is 100 cm³/mol. The van der Waals surface area contributed by atoms with Crippen LogP contribution < -0.4 is 10.2 Å². The Morgan fingerprint density at radius 1 is 1.18 bits per heavy atom. The van der Waals surface area contributed by atoms with Gasteiger partial charge in [-0.2, -0.15) is 5.10 Å². The third kappa shape index (κ3) is 3.24. The number of H-pyrrole nitrogens is 1. The third-order valence-electron chi connectivity index (χ3n) is 4.79. The Labute approximate surface area is 159 Å². The molecule has 8 heteroatoms. The van der Waals surface area contributed by atoms with Gasteiger partial charge in [-0.15, -0.1) is 0 Å². The third-order valence-corrected chi connectivity index (χ3v) is 4.79. The second-order valence-corrected chi connectivity index (χ2v) is 6.62. The maximum atomic E-state index is 14.2. The van der Waals surface area contributed by atoms with Crippen molar-refractivity contribution >= 4 is 34.3 Å². The predicted octanol–water partition coefficient (Wildman–Crippen LogP) is 2.05. The molecule has 28 heavy (non-hydrogen) atoms.